The molecular weight excluding hydrogens is 314 g/mol. The summed E-state index contributed by atoms with van der Waals surface area (Å²) in [5, 5.41) is 6.18. The van der Waals surface area contributed by atoms with Gasteiger partial charge in [0.15, 0.2) is 0 Å². The van der Waals surface area contributed by atoms with Crippen LogP contribution in [-0.2, 0) is 6.42 Å². The Bertz CT molecular complexity index is 528. The summed E-state index contributed by atoms with van der Waals surface area (Å²) >= 11 is 5.19. The molecule has 0 bridgehead atoms. The number of hydrogen-bond donors (Lipinski definition) is 3. The van der Waals surface area contributed by atoms with E-state index in [0.717, 1.165) is 22.6 Å². The van der Waals surface area contributed by atoms with Gasteiger partial charge in [0.25, 0.3) is 0 Å². The summed E-state index contributed by atoms with van der Waals surface area (Å²) in [6.07, 6.45) is 0.953. The van der Waals surface area contributed by atoms with Crippen LogP contribution in [0.15, 0.2) is 22.0 Å². The number of thiophene rings is 1. The van der Waals surface area contributed by atoms with Gasteiger partial charge in [-0.25, -0.2) is 0 Å². The molecule has 4 N–H and O–H groups in total. The second-order valence-electron chi connectivity index (χ2n) is 3.63. The number of aromatic nitrogens is 2. The summed E-state index contributed by atoms with van der Waals surface area (Å²) < 4.78 is 1.15. The van der Waals surface area contributed by atoms with E-state index < -0.39 is 0 Å². The molecular formula is C11H14BrN5S. The van der Waals surface area contributed by atoms with Crippen LogP contribution in [0, 0.1) is 0 Å². The molecule has 0 aliphatic carbocycles. The zero-order valence-corrected chi connectivity index (χ0v) is 12.3. The van der Waals surface area contributed by atoms with Crippen LogP contribution in [0.5, 0.6) is 0 Å². The average molecular weight is 328 g/mol. The molecule has 0 saturated carbocycles. The minimum Gasteiger partial charge on any atom is -0.373 e. The molecule has 5 nitrogen and oxygen atoms in total. The molecule has 2 aromatic heterocycles. The molecule has 0 radical (unpaired) electrons. The molecule has 0 aliphatic heterocycles. The third-order valence-corrected chi connectivity index (χ3v) is 3.99. The number of halogens is 1. The first-order valence-electron chi connectivity index (χ1n) is 5.48. The van der Waals surface area contributed by atoms with Crippen molar-refractivity contribution in [3.63, 3.8) is 0 Å². The van der Waals surface area contributed by atoms with Crippen LogP contribution in [0.25, 0.3) is 0 Å². The van der Waals surface area contributed by atoms with Crippen LogP contribution < -0.4 is 16.4 Å². The van der Waals surface area contributed by atoms with E-state index in [0.29, 0.717) is 5.82 Å². The van der Waals surface area contributed by atoms with Gasteiger partial charge >= 0.3 is 0 Å². The first kappa shape index (κ1) is 13.1. The van der Waals surface area contributed by atoms with Gasteiger partial charge < -0.3 is 16.4 Å². The predicted molar refractivity (Wildman–Crippen MR) is 80.2 cm³/mol. The summed E-state index contributed by atoms with van der Waals surface area (Å²) in [5.41, 5.74) is 5.61. The van der Waals surface area contributed by atoms with Crippen molar-refractivity contribution in [1.82, 2.24) is 9.97 Å². The Labute approximate surface area is 118 Å². The van der Waals surface area contributed by atoms with Crippen molar-refractivity contribution in [3.8, 4) is 0 Å². The molecule has 0 atom stereocenters. The fourth-order valence-electron chi connectivity index (χ4n) is 1.48. The lowest BCUT2D eigenvalue weighted by molar-refractivity contribution is 1.02. The van der Waals surface area contributed by atoms with Crippen molar-refractivity contribution >= 4 is 44.9 Å². The molecule has 0 saturated heterocycles. The molecule has 0 amide bonds. The molecule has 2 rings (SSSR count). The van der Waals surface area contributed by atoms with Gasteiger partial charge in [0.05, 0.1) is 3.79 Å². The summed E-state index contributed by atoms with van der Waals surface area (Å²) in [6, 6.07) is 6.01. The van der Waals surface area contributed by atoms with E-state index in [2.05, 4.69) is 48.7 Å². The Hall–Kier alpha value is -1.34. The van der Waals surface area contributed by atoms with Crippen molar-refractivity contribution in [2.45, 2.75) is 6.42 Å². The zero-order chi connectivity index (χ0) is 13.0. The largest absolute Gasteiger partial charge is 0.373 e. The Kier molecular flexibility index (Phi) is 4.38. The van der Waals surface area contributed by atoms with Gasteiger partial charge in [0.2, 0.25) is 5.95 Å². The number of anilines is 3. The molecule has 2 aromatic rings. The summed E-state index contributed by atoms with van der Waals surface area (Å²) in [7, 11) is 1.80. The van der Waals surface area contributed by atoms with E-state index >= 15 is 0 Å². The maximum atomic E-state index is 5.61. The smallest absolute Gasteiger partial charge is 0.223 e. The summed E-state index contributed by atoms with van der Waals surface area (Å²) in [6.45, 7) is 0.812. The molecule has 0 aromatic carbocycles. The van der Waals surface area contributed by atoms with Crippen LogP contribution >= 0.6 is 27.3 Å². The van der Waals surface area contributed by atoms with Crippen LogP contribution in [0.3, 0.4) is 0 Å². The monoisotopic (exact) mass is 327 g/mol. The SMILES string of the molecule is CNc1cc(NCCc2ccc(Br)s2)nc(N)n1. The van der Waals surface area contributed by atoms with E-state index in [9.17, 15) is 0 Å². The third-order valence-electron chi connectivity index (χ3n) is 2.31. The van der Waals surface area contributed by atoms with Gasteiger partial charge in [-0.2, -0.15) is 9.97 Å². The van der Waals surface area contributed by atoms with E-state index in [1.54, 1.807) is 18.4 Å². The highest BCUT2D eigenvalue weighted by atomic mass is 79.9. The fraction of sp³-hybridized carbons (Fsp3) is 0.273. The number of hydrogen-bond acceptors (Lipinski definition) is 6. The van der Waals surface area contributed by atoms with Crippen molar-refractivity contribution in [2.75, 3.05) is 30.0 Å². The van der Waals surface area contributed by atoms with Crippen LogP contribution in [0.1, 0.15) is 4.88 Å². The fourth-order valence-corrected chi connectivity index (χ4v) is 2.97. The number of nitrogens with one attached hydrogen (secondary N) is 2. The molecule has 0 spiro atoms. The number of rotatable bonds is 5. The van der Waals surface area contributed by atoms with Crippen LogP contribution in [-0.4, -0.2) is 23.6 Å². The number of nitrogens with zero attached hydrogens (tertiary/aromatic N) is 2. The van der Waals surface area contributed by atoms with E-state index in [1.165, 1.54) is 4.88 Å². The molecule has 96 valence electrons. The van der Waals surface area contributed by atoms with Crippen molar-refractivity contribution in [3.05, 3.63) is 26.9 Å². The minimum atomic E-state index is 0.267. The lowest BCUT2D eigenvalue weighted by Crippen LogP contribution is -2.08. The van der Waals surface area contributed by atoms with E-state index in [-0.39, 0.29) is 5.95 Å². The first-order chi connectivity index (χ1) is 8.67. The Morgan fingerprint density at radius 3 is 2.78 bits per heavy atom. The minimum absolute atomic E-state index is 0.267. The maximum Gasteiger partial charge on any atom is 0.223 e. The summed E-state index contributed by atoms with van der Waals surface area (Å²) in [5.74, 6) is 1.72. The van der Waals surface area contributed by atoms with Crippen molar-refractivity contribution in [2.24, 2.45) is 0 Å². The second kappa shape index (κ2) is 6.01. The molecule has 0 fully saturated rings. The second-order valence-corrected chi connectivity index (χ2v) is 6.18. The van der Waals surface area contributed by atoms with Gasteiger partial charge in [0, 0.05) is 24.5 Å². The van der Waals surface area contributed by atoms with Crippen LogP contribution in [0.2, 0.25) is 0 Å². The van der Waals surface area contributed by atoms with Gasteiger partial charge in [0.1, 0.15) is 11.6 Å². The van der Waals surface area contributed by atoms with Gasteiger partial charge in [-0.15, -0.1) is 11.3 Å². The third kappa shape index (κ3) is 3.58. The van der Waals surface area contributed by atoms with E-state index in [1.807, 2.05) is 6.07 Å². The molecule has 0 unspecified atom stereocenters. The van der Waals surface area contributed by atoms with Crippen LogP contribution in [0.4, 0.5) is 17.6 Å². The summed E-state index contributed by atoms with van der Waals surface area (Å²) in [4.78, 5) is 9.49. The molecule has 0 aliphatic rings. The van der Waals surface area contributed by atoms with Gasteiger partial charge in [-0.1, -0.05) is 0 Å². The lowest BCUT2D eigenvalue weighted by Gasteiger charge is -2.07. The molecule has 7 heteroatoms. The topological polar surface area (TPSA) is 75.9 Å². The standard InChI is InChI=1S/C11H14BrN5S/c1-14-9-6-10(17-11(13)16-9)15-5-4-7-2-3-8(12)18-7/h2-3,6H,4-5H2,1H3,(H4,13,14,15,16,17). The number of nitrogens with two attached hydrogens (primary N) is 1. The first-order valence-corrected chi connectivity index (χ1v) is 7.08. The quantitative estimate of drug-likeness (QED) is 0.786. The zero-order valence-electron chi connectivity index (χ0n) is 9.90. The highest BCUT2D eigenvalue weighted by Gasteiger charge is 2.01. The Balaban J connectivity index is 1.91. The molecule has 2 heterocycles. The molecule has 18 heavy (non-hydrogen) atoms. The van der Waals surface area contributed by atoms with Gasteiger partial charge in [-0.3, -0.25) is 0 Å². The van der Waals surface area contributed by atoms with Gasteiger partial charge in [-0.05, 0) is 34.5 Å². The van der Waals surface area contributed by atoms with Crippen molar-refractivity contribution in [1.29, 1.82) is 0 Å². The van der Waals surface area contributed by atoms with E-state index in [4.69, 9.17) is 5.73 Å². The highest BCUT2D eigenvalue weighted by Crippen LogP contribution is 2.22. The number of nitrogen functional groups attached to an aromatic ring is 1. The lowest BCUT2D eigenvalue weighted by atomic mass is 10.3. The average Bonchev–Trinajstić information content (AvgIpc) is 2.74. The Morgan fingerprint density at radius 1 is 1.33 bits per heavy atom. The highest BCUT2D eigenvalue weighted by molar-refractivity contribution is 9.11. The normalized spacial score (nSPS) is 10.3. The maximum absolute atomic E-state index is 5.61. The van der Waals surface area contributed by atoms with Crippen molar-refractivity contribution < 1.29 is 0 Å². The predicted octanol–water partition coefficient (Wildman–Crippen LogP) is 2.58. The Morgan fingerprint density at radius 2 is 2.11 bits per heavy atom.